The molecule has 0 aliphatic carbocycles. The summed E-state index contributed by atoms with van der Waals surface area (Å²) < 4.78 is 0. The van der Waals surface area contributed by atoms with Gasteiger partial charge in [-0.2, -0.15) is 0 Å². The summed E-state index contributed by atoms with van der Waals surface area (Å²) in [6.07, 6.45) is 0. The molecule has 2 N–H and O–H groups in total. The zero-order valence-corrected chi connectivity index (χ0v) is 11.9. The first-order valence-corrected chi connectivity index (χ1v) is 6.74. The fraction of sp³-hybridized carbons (Fsp3) is 0.429. The van der Waals surface area contributed by atoms with Crippen LogP contribution in [0, 0.1) is 11.8 Å². The molecule has 0 spiro atoms. The van der Waals surface area contributed by atoms with Gasteiger partial charge in [-0.3, -0.25) is 9.59 Å². The summed E-state index contributed by atoms with van der Waals surface area (Å²) in [7, 11) is 0. The monoisotopic (exact) mass is 280 g/mol. The number of nitrogens with one attached hydrogen (secondary N) is 2. The normalized spacial score (nSPS) is 14.8. The van der Waals surface area contributed by atoms with Crippen molar-refractivity contribution in [2.75, 3.05) is 0 Å². The zero-order valence-electron chi connectivity index (χ0n) is 11.2. The molecule has 0 saturated heterocycles. The number of benzene rings is 1. The number of halogens is 1. The molecule has 4 nitrogen and oxygen atoms in total. The van der Waals surface area contributed by atoms with E-state index < -0.39 is 11.1 Å². The number of rotatable bonds is 3. The van der Waals surface area contributed by atoms with Gasteiger partial charge in [-0.25, -0.2) is 0 Å². The smallest absolute Gasteiger partial charge is 0.314 e. The van der Waals surface area contributed by atoms with E-state index in [1.54, 1.807) is 6.07 Å². The molecule has 0 aliphatic heterocycles. The molecule has 0 amide bonds. The third-order valence-electron chi connectivity index (χ3n) is 3.58. The highest BCUT2D eigenvalue weighted by Gasteiger charge is 2.20. The fourth-order valence-electron chi connectivity index (χ4n) is 1.95. The average molecular weight is 281 g/mol. The molecule has 2 atom stereocenters. The number of aromatic amines is 2. The molecule has 0 bridgehead atoms. The van der Waals surface area contributed by atoms with Crippen molar-refractivity contribution < 1.29 is 0 Å². The minimum Gasteiger partial charge on any atom is -0.316 e. The molecular weight excluding hydrogens is 264 g/mol. The molecule has 1 aromatic carbocycles. The lowest BCUT2D eigenvalue weighted by molar-refractivity contribution is 0.406. The van der Waals surface area contributed by atoms with Gasteiger partial charge in [0.25, 0.3) is 0 Å². The number of hydrogen-bond donors (Lipinski definition) is 2. The lowest BCUT2D eigenvalue weighted by Gasteiger charge is -2.22. The van der Waals surface area contributed by atoms with Crippen LogP contribution in [0.1, 0.15) is 31.7 Å². The molecule has 102 valence electrons. The Kier molecular flexibility index (Phi) is 3.80. The minimum atomic E-state index is -0.646. The van der Waals surface area contributed by atoms with Crippen molar-refractivity contribution in [2.45, 2.75) is 26.1 Å². The van der Waals surface area contributed by atoms with Crippen LogP contribution in [0.5, 0.6) is 0 Å². The van der Waals surface area contributed by atoms with Gasteiger partial charge in [0.2, 0.25) is 0 Å². The minimum absolute atomic E-state index is 0.125. The van der Waals surface area contributed by atoms with Gasteiger partial charge in [0.1, 0.15) is 0 Å². The Bertz CT molecular complexity index is 702. The Morgan fingerprint density at radius 3 is 2.16 bits per heavy atom. The van der Waals surface area contributed by atoms with Crippen LogP contribution in [0.4, 0.5) is 0 Å². The largest absolute Gasteiger partial charge is 0.316 e. The van der Waals surface area contributed by atoms with Crippen LogP contribution in [0.15, 0.2) is 27.8 Å². The first-order chi connectivity index (χ1) is 8.90. The molecule has 0 saturated carbocycles. The van der Waals surface area contributed by atoms with Crippen molar-refractivity contribution in [3.05, 3.63) is 44.5 Å². The zero-order chi connectivity index (χ0) is 14.2. The van der Waals surface area contributed by atoms with Crippen molar-refractivity contribution >= 4 is 22.6 Å². The van der Waals surface area contributed by atoms with E-state index in [9.17, 15) is 9.59 Å². The van der Waals surface area contributed by atoms with Gasteiger partial charge in [-0.15, -0.1) is 11.6 Å². The van der Waals surface area contributed by atoms with Crippen molar-refractivity contribution in [3.8, 4) is 0 Å². The van der Waals surface area contributed by atoms with Gasteiger partial charge in [0.05, 0.1) is 16.4 Å². The van der Waals surface area contributed by atoms with E-state index in [2.05, 4.69) is 30.7 Å². The molecule has 0 aliphatic rings. The Labute approximate surface area is 115 Å². The van der Waals surface area contributed by atoms with Crippen LogP contribution in [-0.2, 0) is 0 Å². The molecule has 1 aromatic heterocycles. The van der Waals surface area contributed by atoms with Crippen molar-refractivity contribution in [3.63, 3.8) is 0 Å². The lowest BCUT2D eigenvalue weighted by atomic mass is 9.90. The predicted molar refractivity (Wildman–Crippen MR) is 77.8 cm³/mol. The van der Waals surface area contributed by atoms with Crippen LogP contribution in [0.25, 0.3) is 11.0 Å². The van der Waals surface area contributed by atoms with Crippen molar-refractivity contribution in [2.24, 2.45) is 11.8 Å². The second-order valence-corrected chi connectivity index (χ2v) is 5.69. The summed E-state index contributed by atoms with van der Waals surface area (Å²) in [4.78, 5) is 27.6. The number of hydrogen-bond acceptors (Lipinski definition) is 2. The summed E-state index contributed by atoms with van der Waals surface area (Å²) in [5.41, 5.74) is 0.863. The Morgan fingerprint density at radius 2 is 1.58 bits per heavy atom. The fourth-order valence-corrected chi connectivity index (χ4v) is 2.37. The Hall–Kier alpha value is -1.55. The van der Waals surface area contributed by atoms with E-state index in [1.807, 2.05) is 12.1 Å². The molecule has 1 heterocycles. The van der Waals surface area contributed by atoms with E-state index in [0.717, 1.165) is 5.56 Å². The summed E-state index contributed by atoms with van der Waals surface area (Å²) in [5, 5.41) is -0.125. The SMILES string of the molecule is CC(C)C(C)C(Cl)c1ccc2[nH]c(=O)c(=O)[nH]c2c1. The van der Waals surface area contributed by atoms with Gasteiger partial charge in [-0.1, -0.05) is 26.8 Å². The Balaban J connectivity index is 2.50. The van der Waals surface area contributed by atoms with Crippen LogP contribution >= 0.6 is 11.6 Å². The van der Waals surface area contributed by atoms with Crippen LogP contribution in [0.3, 0.4) is 0 Å². The highest BCUT2D eigenvalue weighted by molar-refractivity contribution is 6.21. The second-order valence-electron chi connectivity index (χ2n) is 5.22. The van der Waals surface area contributed by atoms with Crippen molar-refractivity contribution in [1.29, 1.82) is 0 Å². The number of fused-ring (bicyclic) bond motifs is 1. The molecule has 0 fully saturated rings. The molecule has 5 heteroatoms. The van der Waals surface area contributed by atoms with Crippen molar-refractivity contribution in [1.82, 2.24) is 9.97 Å². The number of alkyl halides is 1. The van der Waals surface area contributed by atoms with E-state index in [1.165, 1.54) is 0 Å². The molecule has 2 unspecified atom stereocenters. The first-order valence-electron chi connectivity index (χ1n) is 6.30. The molecule has 19 heavy (non-hydrogen) atoms. The maximum atomic E-state index is 11.3. The molecule has 2 aromatic rings. The molecule has 0 radical (unpaired) electrons. The van der Waals surface area contributed by atoms with Gasteiger partial charge in [0, 0.05) is 0 Å². The summed E-state index contributed by atoms with van der Waals surface area (Å²) >= 11 is 6.46. The lowest BCUT2D eigenvalue weighted by Crippen LogP contribution is -2.28. The quantitative estimate of drug-likeness (QED) is 0.671. The molecular formula is C14H17ClN2O2. The Morgan fingerprint density at radius 1 is 1.00 bits per heavy atom. The summed E-state index contributed by atoms with van der Waals surface area (Å²) in [5.74, 6) is 0.779. The maximum Gasteiger partial charge on any atom is 0.314 e. The standard InChI is InChI=1S/C14H17ClN2O2/c1-7(2)8(3)12(15)9-4-5-10-11(6-9)17-14(19)13(18)16-10/h4-8,12H,1-3H3,(H,16,18)(H,17,19). The van der Waals surface area contributed by atoms with Crippen LogP contribution < -0.4 is 11.1 Å². The van der Waals surface area contributed by atoms with E-state index >= 15 is 0 Å². The maximum absolute atomic E-state index is 11.3. The van der Waals surface area contributed by atoms with Gasteiger partial charge in [-0.05, 0) is 29.5 Å². The number of aromatic nitrogens is 2. The van der Waals surface area contributed by atoms with Crippen LogP contribution in [0.2, 0.25) is 0 Å². The highest BCUT2D eigenvalue weighted by atomic mass is 35.5. The van der Waals surface area contributed by atoms with Gasteiger partial charge in [0.15, 0.2) is 0 Å². The number of H-pyrrole nitrogens is 2. The predicted octanol–water partition coefficient (Wildman–Crippen LogP) is 2.79. The van der Waals surface area contributed by atoms with E-state index in [4.69, 9.17) is 11.6 Å². The third-order valence-corrected chi connectivity index (χ3v) is 4.23. The second kappa shape index (κ2) is 5.21. The summed E-state index contributed by atoms with van der Waals surface area (Å²) in [6, 6.07) is 5.47. The van der Waals surface area contributed by atoms with Gasteiger partial charge >= 0.3 is 11.1 Å². The van der Waals surface area contributed by atoms with E-state index in [-0.39, 0.29) is 5.38 Å². The third kappa shape index (κ3) is 2.73. The van der Waals surface area contributed by atoms with E-state index in [0.29, 0.717) is 22.9 Å². The van der Waals surface area contributed by atoms with Gasteiger partial charge < -0.3 is 9.97 Å². The molecule has 2 rings (SSSR count). The highest BCUT2D eigenvalue weighted by Crippen LogP contribution is 2.34. The first kappa shape index (κ1) is 13.9. The average Bonchev–Trinajstić information content (AvgIpc) is 2.37. The van der Waals surface area contributed by atoms with Crippen LogP contribution in [-0.4, -0.2) is 9.97 Å². The topological polar surface area (TPSA) is 65.7 Å². The summed E-state index contributed by atoms with van der Waals surface area (Å²) in [6.45, 7) is 6.35.